The maximum absolute atomic E-state index is 12.2. The molecular formula is C13H13N3O2. The number of carbonyl (C=O) groups is 1. The van der Waals surface area contributed by atoms with Crippen molar-refractivity contribution >= 4 is 11.6 Å². The third kappa shape index (κ3) is 1.64. The monoisotopic (exact) mass is 243 g/mol. The summed E-state index contributed by atoms with van der Waals surface area (Å²) in [5.74, 6) is 0.582. The van der Waals surface area contributed by atoms with Crippen LogP contribution in [0.15, 0.2) is 30.5 Å². The van der Waals surface area contributed by atoms with Crippen LogP contribution in [0.5, 0.6) is 5.75 Å². The number of aryl methyl sites for hydroxylation is 1. The highest BCUT2D eigenvalue weighted by Crippen LogP contribution is 2.28. The fourth-order valence-electron chi connectivity index (χ4n) is 2.05. The summed E-state index contributed by atoms with van der Waals surface area (Å²) in [5.41, 5.74) is 7.90. The van der Waals surface area contributed by atoms with Crippen molar-refractivity contribution in [2.24, 2.45) is 0 Å². The van der Waals surface area contributed by atoms with E-state index in [4.69, 9.17) is 10.5 Å². The van der Waals surface area contributed by atoms with Gasteiger partial charge in [-0.15, -0.1) is 0 Å². The second kappa shape index (κ2) is 3.87. The van der Waals surface area contributed by atoms with E-state index in [1.165, 1.54) is 10.9 Å². The Morgan fingerprint density at radius 1 is 1.50 bits per heavy atom. The molecule has 0 fully saturated rings. The summed E-state index contributed by atoms with van der Waals surface area (Å²) in [5, 5.41) is 4.08. The average Bonchev–Trinajstić information content (AvgIpc) is 2.93. The highest BCUT2D eigenvalue weighted by Gasteiger charge is 2.30. The maximum atomic E-state index is 12.2. The van der Waals surface area contributed by atoms with Gasteiger partial charge in [-0.25, -0.2) is 4.68 Å². The molecule has 0 radical (unpaired) electrons. The summed E-state index contributed by atoms with van der Waals surface area (Å²) in [7, 11) is 0. The van der Waals surface area contributed by atoms with Crippen LogP contribution >= 0.6 is 0 Å². The minimum atomic E-state index is -0.513. The van der Waals surface area contributed by atoms with Gasteiger partial charge in [0, 0.05) is 6.42 Å². The summed E-state index contributed by atoms with van der Waals surface area (Å²) in [6, 6.07) is 7.66. The zero-order valence-electron chi connectivity index (χ0n) is 9.96. The van der Waals surface area contributed by atoms with Gasteiger partial charge < -0.3 is 10.5 Å². The van der Waals surface area contributed by atoms with Gasteiger partial charge in [0.1, 0.15) is 5.75 Å². The molecule has 2 aromatic rings. The summed E-state index contributed by atoms with van der Waals surface area (Å²) >= 11 is 0. The number of hydrogen-bond donors (Lipinski definition) is 1. The number of nitrogens with two attached hydrogens (primary N) is 1. The van der Waals surface area contributed by atoms with Crippen molar-refractivity contribution in [3.63, 3.8) is 0 Å². The molecule has 3 rings (SSSR count). The Hall–Kier alpha value is -2.30. The Labute approximate surface area is 104 Å². The van der Waals surface area contributed by atoms with E-state index in [9.17, 15) is 4.79 Å². The molecule has 1 aromatic carbocycles. The van der Waals surface area contributed by atoms with E-state index in [1.807, 2.05) is 24.3 Å². The van der Waals surface area contributed by atoms with Crippen LogP contribution in [0.2, 0.25) is 0 Å². The molecule has 1 unspecified atom stereocenters. The Morgan fingerprint density at radius 3 is 2.94 bits per heavy atom. The van der Waals surface area contributed by atoms with E-state index in [1.54, 1.807) is 6.92 Å². The lowest BCUT2D eigenvalue weighted by Gasteiger charge is -2.08. The number of nitrogens with zero attached hydrogens (tertiary/aromatic N) is 2. The lowest BCUT2D eigenvalue weighted by Crippen LogP contribution is -2.31. The van der Waals surface area contributed by atoms with E-state index in [-0.39, 0.29) is 5.91 Å². The van der Waals surface area contributed by atoms with Crippen LogP contribution in [0, 0.1) is 6.92 Å². The summed E-state index contributed by atoms with van der Waals surface area (Å²) in [6.45, 7) is 1.77. The van der Waals surface area contributed by atoms with Gasteiger partial charge in [0.15, 0.2) is 6.10 Å². The molecule has 18 heavy (non-hydrogen) atoms. The molecule has 1 aliphatic heterocycles. The molecule has 0 bridgehead atoms. The normalized spacial score (nSPS) is 17.3. The number of ether oxygens (including phenoxy) is 1. The van der Waals surface area contributed by atoms with Crippen LogP contribution in [0.1, 0.15) is 16.1 Å². The number of anilines is 1. The topological polar surface area (TPSA) is 70.1 Å². The number of carbonyl (C=O) groups excluding carboxylic acids is 1. The van der Waals surface area contributed by atoms with Gasteiger partial charge in [0.25, 0.3) is 5.91 Å². The Morgan fingerprint density at radius 2 is 2.28 bits per heavy atom. The molecule has 1 atom stereocenters. The first-order chi connectivity index (χ1) is 8.65. The van der Waals surface area contributed by atoms with Gasteiger partial charge in [0.05, 0.1) is 17.6 Å². The van der Waals surface area contributed by atoms with Crippen LogP contribution in [0.25, 0.3) is 0 Å². The fourth-order valence-corrected chi connectivity index (χ4v) is 2.05. The lowest BCUT2D eigenvalue weighted by molar-refractivity contribution is 0.0716. The largest absolute Gasteiger partial charge is 0.480 e. The summed E-state index contributed by atoms with van der Waals surface area (Å²) < 4.78 is 6.89. The zero-order valence-corrected chi connectivity index (χ0v) is 9.96. The van der Waals surface area contributed by atoms with Crippen LogP contribution in [-0.4, -0.2) is 21.8 Å². The molecule has 92 valence electrons. The molecule has 0 amide bonds. The molecule has 5 heteroatoms. The van der Waals surface area contributed by atoms with E-state index in [0.717, 1.165) is 11.3 Å². The number of rotatable bonds is 1. The standard InChI is InChI=1S/C13H13N3O2/c1-8-10(14)7-16(15-8)13(17)12-6-9-4-2-3-5-11(9)18-12/h2-5,7,12H,6,14H2,1H3. The molecule has 1 aromatic heterocycles. The van der Waals surface area contributed by atoms with Crippen molar-refractivity contribution in [2.45, 2.75) is 19.4 Å². The van der Waals surface area contributed by atoms with Crippen LogP contribution in [0.3, 0.4) is 0 Å². The second-order valence-electron chi connectivity index (χ2n) is 4.37. The number of para-hydroxylation sites is 1. The molecule has 0 spiro atoms. The molecule has 0 saturated heterocycles. The second-order valence-corrected chi connectivity index (χ2v) is 4.37. The van der Waals surface area contributed by atoms with E-state index >= 15 is 0 Å². The van der Waals surface area contributed by atoms with Gasteiger partial charge in [-0.3, -0.25) is 4.79 Å². The van der Waals surface area contributed by atoms with Gasteiger partial charge in [-0.05, 0) is 18.6 Å². The fraction of sp³-hybridized carbons (Fsp3) is 0.231. The smallest absolute Gasteiger partial charge is 0.288 e. The number of fused-ring (bicyclic) bond motifs is 1. The molecule has 5 nitrogen and oxygen atoms in total. The molecule has 0 aliphatic carbocycles. The van der Waals surface area contributed by atoms with E-state index in [2.05, 4.69) is 5.10 Å². The van der Waals surface area contributed by atoms with Gasteiger partial charge in [-0.1, -0.05) is 18.2 Å². The van der Waals surface area contributed by atoms with E-state index < -0.39 is 6.10 Å². The molecule has 2 N–H and O–H groups in total. The lowest BCUT2D eigenvalue weighted by atomic mass is 10.1. The number of aromatic nitrogens is 2. The minimum absolute atomic E-state index is 0.189. The highest BCUT2D eigenvalue weighted by atomic mass is 16.5. The van der Waals surface area contributed by atoms with Crippen LogP contribution in [-0.2, 0) is 6.42 Å². The van der Waals surface area contributed by atoms with Crippen molar-refractivity contribution in [3.05, 3.63) is 41.7 Å². The average molecular weight is 243 g/mol. The summed E-state index contributed by atoms with van der Waals surface area (Å²) in [6.07, 6.45) is 1.60. The Bertz CT molecular complexity index is 574. The van der Waals surface area contributed by atoms with Crippen molar-refractivity contribution in [2.75, 3.05) is 5.73 Å². The van der Waals surface area contributed by atoms with Crippen LogP contribution in [0.4, 0.5) is 5.69 Å². The van der Waals surface area contributed by atoms with Crippen molar-refractivity contribution in [3.8, 4) is 5.75 Å². The van der Waals surface area contributed by atoms with E-state index in [0.29, 0.717) is 17.8 Å². The third-order valence-corrected chi connectivity index (χ3v) is 3.09. The highest BCUT2D eigenvalue weighted by molar-refractivity contribution is 5.84. The maximum Gasteiger partial charge on any atom is 0.288 e. The molecular weight excluding hydrogens is 230 g/mol. The number of benzene rings is 1. The quantitative estimate of drug-likeness (QED) is 0.822. The number of nitrogen functional groups attached to an aromatic ring is 1. The Kier molecular flexibility index (Phi) is 2.33. The first kappa shape index (κ1) is 10.8. The van der Waals surface area contributed by atoms with Gasteiger partial charge >= 0.3 is 0 Å². The first-order valence-electron chi connectivity index (χ1n) is 5.75. The molecule has 2 heterocycles. The van der Waals surface area contributed by atoms with Crippen molar-refractivity contribution in [1.82, 2.24) is 9.78 Å². The minimum Gasteiger partial charge on any atom is -0.480 e. The van der Waals surface area contributed by atoms with Gasteiger partial charge in [0.2, 0.25) is 0 Å². The predicted octanol–water partition coefficient (Wildman–Crippen LogP) is 1.42. The number of hydrogen-bond acceptors (Lipinski definition) is 4. The molecule has 0 saturated carbocycles. The predicted molar refractivity (Wildman–Crippen MR) is 66.6 cm³/mol. The van der Waals surface area contributed by atoms with Gasteiger partial charge in [-0.2, -0.15) is 5.10 Å². The Balaban J connectivity index is 1.84. The van der Waals surface area contributed by atoms with Crippen molar-refractivity contribution in [1.29, 1.82) is 0 Å². The summed E-state index contributed by atoms with van der Waals surface area (Å²) in [4.78, 5) is 12.2. The molecule has 1 aliphatic rings. The first-order valence-corrected chi connectivity index (χ1v) is 5.75. The third-order valence-electron chi connectivity index (χ3n) is 3.09. The SMILES string of the molecule is Cc1nn(C(=O)C2Cc3ccccc3O2)cc1N. The van der Waals surface area contributed by atoms with Crippen LogP contribution < -0.4 is 10.5 Å². The zero-order chi connectivity index (χ0) is 12.7. The van der Waals surface area contributed by atoms with Crippen molar-refractivity contribution < 1.29 is 9.53 Å².